The van der Waals surface area contributed by atoms with Crippen LogP contribution in [0, 0.1) is 5.95 Å². The third-order valence-electron chi connectivity index (χ3n) is 1.19. The summed E-state index contributed by atoms with van der Waals surface area (Å²) >= 11 is 5.57. The van der Waals surface area contributed by atoms with E-state index in [0.29, 0.717) is 0 Å². The van der Waals surface area contributed by atoms with Gasteiger partial charge in [-0.3, -0.25) is 0 Å². The van der Waals surface area contributed by atoms with Crippen LogP contribution in [0.1, 0.15) is 0 Å². The van der Waals surface area contributed by atoms with Gasteiger partial charge < -0.3 is 10.5 Å². The van der Waals surface area contributed by atoms with E-state index < -0.39 is 5.95 Å². The molecule has 0 aliphatic rings. The summed E-state index contributed by atoms with van der Waals surface area (Å²) in [6.45, 7) is 0. The minimum Gasteiger partial charge on any atom is -0.493 e. The average Bonchev–Trinajstić information content (AvgIpc) is 2.01. The van der Waals surface area contributed by atoms with E-state index in [9.17, 15) is 4.39 Å². The summed E-state index contributed by atoms with van der Waals surface area (Å²) in [5.41, 5.74) is 5.02. The molecule has 1 rings (SSSR count). The third-order valence-corrected chi connectivity index (χ3v) is 1.58. The zero-order valence-corrected chi connectivity index (χ0v) is 6.52. The minimum atomic E-state index is -0.782. The molecule has 0 bridgehead atoms. The van der Waals surface area contributed by atoms with Gasteiger partial charge in [-0.15, -0.1) is 0 Å². The molecule has 0 unspecified atom stereocenters. The van der Waals surface area contributed by atoms with Crippen molar-refractivity contribution in [3.8, 4) is 5.75 Å². The van der Waals surface area contributed by atoms with Crippen molar-refractivity contribution in [2.75, 3.05) is 12.8 Å². The lowest BCUT2D eigenvalue weighted by molar-refractivity contribution is 0.411. The maximum atomic E-state index is 12.5. The van der Waals surface area contributed by atoms with Crippen LogP contribution < -0.4 is 10.5 Å². The summed E-state index contributed by atoms with van der Waals surface area (Å²) in [6, 6.07) is 0. The van der Waals surface area contributed by atoms with Crippen LogP contribution in [0.15, 0.2) is 6.20 Å². The highest BCUT2D eigenvalue weighted by molar-refractivity contribution is 6.34. The summed E-state index contributed by atoms with van der Waals surface area (Å²) in [5.74, 6) is -0.513. The van der Waals surface area contributed by atoms with Crippen molar-refractivity contribution in [3.63, 3.8) is 0 Å². The molecule has 0 saturated heterocycles. The molecule has 1 aromatic rings. The van der Waals surface area contributed by atoms with Crippen molar-refractivity contribution in [1.29, 1.82) is 0 Å². The lowest BCUT2D eigenvalue weighted by atomic mass is 10.4. The molecule has 11 heavy (non-hydrogen) atoms. The van der Waals surface area contributed by atoms with Crippen molar-refractivity contribution in [1.82, 2.24) is 4.98 Å². The predicted molar refractivity (Wildman–Crippen MR) is 40.2 cm³/mol. The number of hydrogen-bond donors (Lipinski definition) is 1. The number of anilines is 1. The van der Waals surface area contributed by atoms with Gasteiger partial charge in [0.25, 0.3) is 0 Å². The number of nitrogen functional groups attached to an aromatic ring is 1. The van der Waals surface area contributed by atoms with E-state index >= 15 is 0 Å². The van der Waals surface area contributed by atoms with E-state index in [-0.39, 0.29) is 16.5 Å². The summed E-state index contributed by atoms with van der Waals surface area (Å²) in [7, 11) is 1.40. The van der Waals surface area contributed by atoms with Crippen molar-refractivity contribution in [3.05, 3.63) is 17.2 Å². The number of nitrogens with two attached hydrogens (primary N) is 1. The fourth-order valence-electron chi connectivity index (χ4n) is 0.607. The summed E-state index contributed by atoms with van der Waals surface area (Å²) in [4.78, 5) is 3.31. The molecule has 0 amide bonds. The molecule has 60 valence electrons. The second-order valence-corrected chi connectivity index (χ2v) is 2.22. The Morgan fingerprint density at radius 2 is 2.36 bits per heavy atom. The normalized spacial score (nSPS) is 9.73. The highest BCUT2D eigenvalue weighted by Gasteiger charge is 2.09. The molecular formula is C6H6ClFN2O. The van der Waals surface area contributed by atoms with Crippen molar-refractivity contribution in [2.24, 2.45) is 0 Å². The molecule has 0 aromatic carbocycles. The van der Waals surface area contributed by atoms with Crippen LogP contribution in [0.25, 0.3) is 0 Å². The van der Waals surface area contributed by atoms with Gasteiger partial charge in [0.15, 0.2) is 5.75 Å². The molecule has 0 atom stereocenters. The first-order chi connectivity index (χ1) is 5.16. The Morgan fingerprint density at radius 1 is 1.73 bits per heavy atom. The first-order valence-corrected chi connectivity index (χ1v) is 3.18. The quantitative estimate of drug-likeness (QED) is 0.660. The SMILES string of the molecule is COc1cnc(F)c(N)c1Cl. The van der Waals surface area contributed by atoms with Crippen LogP contribution in [0.3, 0.4) is 0 Å². The van der Waals surface area contributed by atoms with E-state index in [1.54, 1.807) is 0 Å². The number of hydrogen-bond acceptors (Lipinski definition) is 3. The zero-order valence-electron chi connectivity index (χ0n) is 5.77. The molecule has 3 nitrogen and oxygen atoms in total. The number of pyridine rings is 1. The molecule has 5 heteroatoms. The molecule has 0 fully saturated rings. The van der Waals surface area contributed by atoms with E-state index in [0.717, 1.165) is 0 Å². The molecule has 1 heterocycles. The lowest BCUT2D eigenvalue weighted by Gasteiger charge is -2.03. The van der Waals surface area contributed by atoms with Gasteiger partial charge >= 0.3 is 0 Å². The Labute approximate surface area is 67.9 Å². The second-order valence-electron chi connectivity index (χ2n) is 1.85. The largest absolute Gasteiger partial charge is 0.493 e. The molecule has 0 saturated carbocycles. The van der Waals surface area contributed by atoms with Gasteiger partial charge in [-0.25, -0.2) is 4.98 Å². The van der Waals surface area contributed by atoms with Crippen LogP contribution >= 0.6 is 11.6 Å². The number of methoxy groups -OCH3 is 1. The predicted octanol–water partition coefficient (Wildman–Crippen LogP) is 1.46. The van der Waals surface area contributed by atoms with Crippen LogP contribution in [0.5, 0.6) is 5.75 Å². The Bertz CT molecular complexity index is 280. The highest BCUT2D eigenvalue weighted by Crippen LogP contribution is 2.29. The second kappa shape index (κ2) is 2.92. The van der Waals surface area contributed by atoms with Crippen LogP contribution in [0.4, 0.5) is 10.1 Å². The maximum Gasteiger partial charge on any atom is 0.237 e. The molecule has 2 N–H and O–H groups in total. The lowest BCUT2D eigenvalue weighted by Crippen LogP contribution is -1.97. The van der Waals surface area contributed by atoms with Gasteiger partial charge in [-0.2, -0.15) is 4.39 Å². The van der Waals surface area contributed by atoms with Gasteiger partial charge in [-0.05, 0) is 0 Å². The Hall–Kier alpha value is -1.03. The number of ether oxygens (including phenoxy) is 1. The monoisotopic (exact) mass is 176 g/mol. The maximum absolute atomic E-state index is 12.5. The van der Waals surface area contributed by atoms with Gasteiger partial charge in [-0.1, -0.05) is 11.6 Å². The standard InChI is InChI=1S/C6H6ClFN2O/c1-11-3-2-10-6(8)5(9)4(3)7/h2H,9H2,1H3. The van der Waals surface area contributed by atoms with Crippen molar-refractivity contribution >= 4 is 17.3 Å². The highest BCUT2D eigenvalue weighted by atomic mass is 35.5. The molecular weight excluding hydrogens is 171 g/mol. The number of rotatable bonds is 1. The molecule has 1 aromatic heterocycles. The molecule has 0 aliphatic carbocycles. The van der Waals surface area contributed by atoms with E-state index in [1.807, 2.05) is 0 Å². The smallest absolute Gasteiger partial charge is 0.237 e. The van der Waals surface area contributed by atoms with Crippen LogP contribution in [-0.2, 0) is 0 Å². The van der Waals surface area contributed by atoms with E-state index in [1.165, 1.54) is 13.3 Å². The summed E-state index contributed by atoms with van der Waals surface area (Å²) in [6.07, 6.45) is 1.17. The summed E-state index contributed by atoms with van der Waals surface area (Å²) in [5, 5.41) is 0.0556. The van der Waals surface area contributed by atoms with Crippen molar-refractivity contribution in [2.45, 2.75) is 0 Å². The van der Waals surface area contributed by atoms with Gasteiger partial charge in [0.1, 0.15) is 10.7 Å². The van der Waals surface area contributed by atoms with Crippen LogP contribution in [0.2, 0.25) is 5.02 Å². The van der Waals surface area contributed by atoms with Gasteiger partial charge in [0, 0.05) is 0 Å². The van der Waals surface area contributed by atoms with E-state index in [4.69, 9.17) is 22.1 Å². The first kappa shape index (κ1) is 8.07. The summed E-state index contributed by atoms with van der Waals surface area (Å²) < 4.78 is 17.3. The Morgan fingerprint density at radius 3 is 2.91 bits per heavy atom. The Kier molecular flexibility index (Phi) is 2.14. The van der Waals surface area contributed by atoms with Crippen LogP contribution in [-0.4, -0.2) is 12.1 Å². The zero-order chi connectivity index (χ0) is 8.43. The average molecular weight is 177 g/mol. The first-order valence-electron chi connectivity index (χ1n) is 2.80. The number of halogens is 2. The Balaban J connectivity index is 3.25. The molecule has 0 spiro atoms. The minimum absolute atomic E-state index is 0.0556. The number of nitrogens with zero attached hydrogens (tertiary/aromatic N) is 1. The van der Waals surface area contributed by atoms with Gasteiger partial charge in [0.05, 0.1) is 13.3 Å². The fourth-order valence-corrected chi connectivity index (χ4v) is 0.811. The van der Waals surface area contributed by atoms with Crippen molar-refractivity contribution < 1.29 is 9.13 Å². The third kappa shape index (κ3) is 1.35. The topological polar surface area (TPSA) is 48.1 Å². The van der Waals surface area contributed by atoms with E-state index in [2.05, 4.69) is 4.98 Å². The number of aromatic nitrogens is 1. The van der Waals surface area contributed by atoms with Gasteiger partial charge in [0.2, 0.25) is 5.95 Å². The fraction of sp³-hybridized carbons (Fsp3) is 0.167. The molecule has 0 radical (unpaired) electrons. The molecule has 0 aliphatic heterocycles.